The molecule has 0 unspecified atom stereocenters. The highest BCUT2D eigenvalue weighted by Gasteiger charge is 2.22. The number of hydrogen-bond donors (Lipinski definition) is 2. The van der Waals surface area contributed by atoms with E-state index in [9.17, 15) is 8.42 Å². The Kier molecular flexibility index (Phi) is 2.77. The molecule has 1 atom stereocenters. The van der Waals surface area contributed by atoms with Crippen LogP contribution in [-0.2, 0) is 10.0 Å². The summed E-state index contributed by atoms with van der Waals surface area (Å²) in [4.78, 5) is 0.263. The minimum absolute atomic E-state index is 0.263. The van der Waals surface area contributed by atoms with Crippen LogP contribution in [0.3, 0.4) is 0 Å². The molecule has 1 aromatic carbocycles. The Hall–Kier alpha value is -0.910. The van der Waals surface area contributed by atoms with E-state index in [4.69, 9.17) is 5.14 Å². The van der Waals surface area contributed by atoms with Crippen molar-refractivity contribution in [3.05, 3.63) is 29.8 Å². The maximum atomic E-state index is 11.4. The molecule has 0 aliphatic carbocycles. The van der Waals surface area contributed by atoms with E-state index in [1.165, 1.54) is 0 Å². The topological polar surface area (TPSA) is 72.2 Å². The molecule has 3 N–H and O–H groups in total. The highest BCUT2D eigenvalue weighted by molar-refractivity contribution is 7.89. The molecule has 5 heteroatoms. The molecular weight excluding hydrogens is 212 g/mol. The molecule has 1 saturated heterocycles. The molecule has 0 aromatic heterocycles. The molecule has 15 heavy (non-hydrogen) atoms. The van der Waals surface area contributed by atoms with Crippen LogP contribution < -0.4 is 10.5 Å². The van der Waals surface area contributed by atoms with Crippen LogP contribution in [0.15, 0.2) is 29.2 Å². The van der Waals surface area contributed by atoms with Crippen molar-refractivity contribution in [2.75, 3.05) is 13.1 Å². The molecule has 0 saturated carbocycles. The molecule has 1 aliphatic rings. The summed E-state index contributed by atoms with van der Waals surface area (Å²) in [5, 5.41) is 8.39. The molecular formula is C10H14N2O2S. The Morgan fingerprint density at radius 2 is 2.07 bits per heavy atom. The summed E-state index contributed by atoms with van der Waals surface area (Å²) in [7, 11) is -3.60. The van der Waals surface area contributed by atoms with Crippen molar-refractivity contribution in [1.29, 1.82) is 0 Å². The fourth-order valence-electron chi connectivity index (χ4n) is 2.00. The van der Waals surface area contributed by atoms with E-state index in [0.717, 1.165) is 25.1 Å². The Morgan fingerprint density at radius 3 is 2.67 bits per heavy atom. The molecule has 2 rings (SSSR count). The molecule has 0 bridgehead atoms. The largest absolute Gasteiger partial charge is 0.316 e. The number of benzene rings is 1. The van der Waals surface area contributed by atoms with Crippen LogP contribution in [0.5, 0.6) is 0 Å². The second-order valence-corrected chi connectivity index (χ2v) is 5.30. The predicted molar refractivity (Wildman–Crippen MR) is 58.0 cm³/mol. The molecule has 1 heterocycles. The third-order valence-corrected chi connectivity index (χ3v) is 3.71. The average Bonchev–Trinajstić information content (AvgIpc) is 2.69. The van der Waals surface area contributed by atoms with E-state index in [2.05, 4.69) is 5.32 Å². The highest BCUT2D eigenvalue weighted by atomic mass is 32.2. The smallest absolute Gasteiger partial charge is 0.238 e. The molecule has 0 amide bonds. The van der Waals surface area contributed by atoms with Crippen molar-refractivity contribution in [1.82, 2.24) is 5.32 Å². The average molecular weight is 226 g/mol. The summed E-state index contributed by atoms with van der Waals surface area (Å²) in [5.41, 5.74) is 0.838. The Labute approximate surface area is 89.5 Å². The second-order valence-electron chi connectivity index (χ2n) is 3.77. The Bertz CT molecular complexity index is 450. The van der Waals surface area contributed by atoms with E-state index < -0.39 is 10.0 Å². The maximum absolute atomic E-state index is 11.4. The SMILES string of the molecule is NS(=O)(=O)c1ccccc1[C@@H]1CCNC1. The van der Waals surface area contributed by atoms with Gasteiger partial charge in [0.2, 0.25) is 10.0 Å². The van der Waals surface area contributed by atoms with Gasteiger partial charge in [0.05, 0.1) is 4.90 Å². The first-order chi connectivity index (χ1) is 7.09. The van der Waals surface area contributed by atoms with Crippen LogP contribution in [0.1, 0.15) is 17.9 Å². The molecule has 0 radical (unpaired) electrons. The van der Waals surface area contributed by atoms with Crippen LogP contribution in [0, 0.1) is 0 Å². The van der Waals surface area contributed by atoms with Crippen LogP contribution >= 0.6 is 0 Å². The van der Waals surface area contributed by atoms with Crippen molar-refractivity contribution in [3.8, 4) is 0 Å². The lowest BCUT2D eigenvalue weighted by Gasteiger charge is -2.12. The first-order valence-electron chi connectivity index (χ1n) is 4.91. The van der Waals surface area contributed by atoms with Crippen LogP contribution in [0.4, 0.5) is 0 Å². The number of rotatable bonds is 2. The fourth-order valence-corrected chi connectivity index (χ4v) is 2.83. The second kappa shape index (κ2) is 3.92. The van der Waals surface area contributed by atoms with Gasteiger partial charge in [-0.25, -0.2) is 13.6 Å². The fraction of sp³-hybridized carbons (Fsp3) is 0.400. The number of sulfonamides is 1. The number of nitrogens with one attached hydrogen (secondary N) is 1. The van der Waals surface area contributed by atoms with E-state index in [-0.39, 0.29) is 10.8 Å². The van der Waals surface area contributed by atoms with Crippen molar-refractivity contribution >= 4 is 10.0 Å². The standard InChI is InChI=1S/C10H14N2O2S/c11-15(13,14)10-4-2-1-3-9(10)8-5-6-12-7-8/h1-4,8,12H,5-7H2,(H2,11,13,14)/t8-/m1/s1. The van der Waals surface area contributed by atoms with Gasteiger partial charge in [0.25, 0.3) is 0 Å². The third-order valence-electron chi connectivity index (χ3n) is 2.73. The first-order valence-corrected chi connectivity index (χ1v) is 6.46. The van der Waals surface area contributed by atoms with Crippen LogP contribution in [0.2, 0.25) is 0 Å². The van der Waals surface area contributed by atoms with E-state index in [1.807, 2.05) is 12.1 Å². The summed E-state index contributed by atoms with van der Waals surface area (Å²) < 4.78 is 22.7. The minimum Gasteiger partial charge on any atom is -0.316 e. The zero-order chi connectivity index (χ0) is 10.9. The van der Waals surface area contributed by atoms with Gasteiger partial charge in [-0.1, -0.05) is 18.2 Å². The summed E-state index contributed by atoms with van der Waals surface area (Å²) in [6, 6.07) is 6.97. The molecule has 0 spiro atoms. The molecule has 4 nitrogen and oxygen atoms in total. The zero-order valence-corrected chi connectivity index (χ0v) is 9.13. The predicted octanol–water partition coefficient (Wildman–Crippen LogP) is 0.411. The normalized spacial score (nSPS) is 21.8. The van der Waals surface area contributed by atoms with Gasteiger partial charge in [0.1, 0.15) is 0 Å². The summed E-state index contributed by atoms with van der Waals surface area (Å²) >= 11 is 0. The van der Waals surface area contributed by atoms with E-state index in [0.29, 0.717) is 0 Å². The Balaban J connectivity index is 2.46. The van der Waals surface area contributed by atoms with Crippen LogP contribution in [-0.4, -0.2) is 21.5 Å². The molecule has 82 valence electrons. The lowest BCUT2D eigenvalue weighted by molar-refractivity contribution is 0.594. The van der Waals surface area contributed by atoms with Gasteiger partial charge in [-0.15, -0.1) is 0 Å². The Morgan fingerprint density at radius 1 is 1.33 bits per heavy atom. The number of primary sulfonamides is 1. The first kappa shape index (κ1) is 10.6. The summed E-state index contributed by atoms with van der Waals surface area (Å²) in [6.07, 6.45) is 0.965. The van der Waals surface area contributed by atoms with Gasteiger partial charge in [-0.3, -0.25) is 0 Å². The molecule has 1 fully saturated rings. The minimum atomic E-state index is -3.60. The summed E-state index contributed by atoms with van der Waals surface area (Å²) in [6.45, 7) is 1.76. The third kappa shape index (κ3) is 2.19. The number of hydrogen-bond acceptors (Lipinski definition) is 3. The lowest BCUT2D eigenvalue weighted by atomic mass is 9.99. The van der Waals surface area contributed by atoms with E-state index >= 15 is 0 Å². The van der Waals surface area contributed by atoms with Gasteiger partial charge in [-0.05, 0) is 30.5 Å². The van der Waals surface area contributed by atoms with Gasteiger partial charge < -0.3 is 5.32 Å². The molecule has 1 aliphatic heterocycles. The van der Waals surface area contributed by atoms with Crippen molar-refractivity contribution in [2.45, 2.75) is 17.2 Å². The van der Waals surface area contributed by atoms with Gasteiger partial charge in [-0.2, -0.15) is 0 Å². The van der Waals surface area contributed by atoms with Gasteiger partial charge >= 0.3 is 0 Å². The van der Waals surface area contributed by atoms with Gasteiger partial charge in [0, 0.05) is 6.54 Å². The zero-order valence-electron chi connectivity index (χ0n) is 8.31. The molecule has 1 aromatic rings. The lowest BCUT2D eigenvalue weighted by Crippen LogP contribution is -2.17. The number of nitrogens with two attached hydrogens (primary N) is 1. The van der Waals surface area contributed by atoms with Crippen molar-refractivity contribution in [2.24, 2.45) is 5.14 Å². The van der Waals surface area contributed by atoms with Gasteiger partial charge in [0.15, 0.2) is 0 Å². The highest BCUT2D eigenvalue weighted by Crippen LogP contribution is 2.27. The summed E-state index contributed by atoms with van der Waals surface area (Å²) in [5.74, 6) is 0.263. The maximum Gasteiger partial charge on any atom is 0.238 e. The quantitative estimate of drug-likeness (QED) is 0.767. The van der Waals surface area contributed by atoms with Crippen LogP contribution in [0.25, 0.3) is 0 Å². The van der Waals surface area contributed by atoms with Crippen molar-refractivity contribution in [3.63, 3.8) is 0 Å². The monoisotopic (exact) mass is 226 g/mol. The van der Waals surface area contributed by atoms with Crippen molar-refractivity contribution < 1.29 is 8.42 Å². The van der Waals surface area contributed by atoms with E-state index in [1.54, 1.807) is 12.1 Å².